The highest BCUT2D eigenvalue weighted by Gasteiger charge is 2.19. The van der Waals surface area contributed by atoms with Crippen molar-refractivity contribution in [1.29, 1.82) is 0 Å². The molecule has 0 radical (unpaired) electrons. The van der Waals surface area contributed by atoms with Gasteiger partial charge in [-0.3, -0.25) is 0 Å². The highest BCUT2D eigenvalue weighted by molar-refractivity contribution is 6.32. The SMILES string of the molecule is COC(=O)c1c(C)nc(COC(C)(C)C)nc1Cl. The summed E-state index contributed by atoms with van der Waals surface area (Å²) < 4.78 is 10.2. The molecular weight excluding hydrogens is 256 g/mol. The quantitative estimate of drug-likeness (QED) is 0.625. The van der Waals surface area contributed by atoms with E-state index in [4.69, 9.17) is 16.3 Å². The molecule has 0 saturated heterocycles. The van der Waals surface area contributed by atoms with E-state index in [1.165, 1.54) is 7.11 Å². The minimum absolute atomic E-state index is 0.0851. The summed E-state index contributed by atoms with van der Waals surface area (Å²) >= 11 is 5.95. The van der Waals surface area contributed by atoms with E-state index >= 15 is 0 Å². The third-order valence-corrected chi connectivity index (χ3v) is 2.39. The van der Waals surface area contributed by atoms with Gasteiger partial charge >= 0.3 is 5.97 Å². The van der Waals surface area contributed by atoms with Crippen molar-refractivity contribution in [2.75, 3.05) is 7.11 Å². The van der Waals surface area contributed by atoms with E-state index in [0.717, 1.165) is 0 Å². The minimum Gasteiger partial charge on any atom is -0.465 e. The van der Waals surface area contributed by atoms with E-state index in [2.05, 4.69) is 14.7 Å². The molecule has 0 bridgehead atoms. The molecule has 100 valence electrons. The van der Waals surface area contributed by atoms with Crippen molar-refractivity contribution in [2.24, 2.45) is 0 Å². The van der Waals surface area contributed by atoms with Gasteiger partial charge < -0.3 is 9.47 Å². The first-order valence-electron chi connectivity index (χ1n) is 5.50. The monoisotopic (exact) mass is 272 g/mol. The smallest absolute Gasteiger partial charge is 0.342 e. The number of esters is 1. The van der Waals surface area contributed by atoms with Gasteiger partial charge in [-0.15, -0.1) is 0 Å². The van der Waals surface area contributed by atoms with E-state index < -0.39 is 5.97 Å². The maximum atomic E-state index is 11.5. The van der Waals surface area contributed by atoms with Crippen LogP contribution in [0.5, 0.6) is 0 Å². The molecule has 0 fully saturated rings. The first-order valence-corrected chi connectivity index (χ1v) is 5.87. The van der Waals surface area contributed by atoms with Crippen LogP contribution in [0.15, 0.2) is 0 Å². The second-order valence-corrected chi connectivity index (χ2v) is 5.14. The van der Waals surface area contributed by atoms with Crippen LogP contribution < -0.4 is 0 Å². The van der Waals surface area contributed by atoms with Crippen molar-refractivity contribution >= 4 is 17.6 Å². The molecule has 0 N–H and O–H groups in total. The summed E-state index contributed by atoms with van der Waals surface area (Å²) in [6.07, 6.45) is 0. The van der Waals surface area contributed by atoms with Gasteiger partial charge in [0.1, 0.15) is 17.3 Å². The fraction of sp³-hybridized carbons (Fsp3) is 0.583. The fourth-order valence-electron chi connectivity index (χ4n) is 1.27. The molecule has 18 heavy (non-hydrogen) atoms. The molecule has 0 aliphatic heterocycles. The number of aryl methyl sites for hydroxylation is 1. The van der Waals surface area contributed by atoms with E-state index in [9.17, 15) is 4.79 Å². The van der Waals surface area contributed by atoms with Gasteiger partial charge in [-0.1, -0.05) is 11.6 Å². The van der Waals surface area contributed by atoms with Gasteiger partial charge in [0.25, 0.3) is 0 Å². The molecule has 1 aromatic heterocycles. The molecule has 0 amide bonds. The van der Waals surface area contributed by atoms with Crippen LogP contribution in [0.3, 0.4) is 0 Å². The summed E-state index contributed by atoms with van der Waals surface area (Å²) in [7, 11) is 1.29. The zero-order valence-corrected chi connectivity index (χ0v) is 12.0. The Hall–Kier alpha value is -1.20. The lowest BCUT2D eigenvalue weighted by atomic mass is 10.2. The van der Waals surface area contributed by atoms with Crippen LogP contribution >= 0.6 is 11.6 Å². The van der Waals surface area contributed by atoms with Crippen LogP contribution in [-0.2, 0) is 16.1 Å². The highest BCUT2D eigenvalue weighted by atomic mass is 35.5. The third kappa shape index (κ3) is 3.92. The Balaban J connectivity index is 2.96. The predicted octanol–water partition coefficient (Wildman–Crippen LogP) is 2.54. The van der Waals surface area contributed by atoms with Crippen LogP contribution in [0.25, 0.3) is 0 Å². The largest absolute Gasteiger partial charge is 0.465 e. The number of hydrogen-bond acceptors (Lipinski definition) is 5. The lowest BCUT2D eigenvalue weighted by molar-refractivity contribution is -0.0182. The Morgan fingerprint density at radius 1 is 1.33 bits per heavy atom. The van der Waals surface area contributed by atoms with Crippen molar-refractivity contribution in [3.63, 3.8) is 0 Å². The minimum atomic E-state index is -0.541. The number of hydrogen-bond donors (Lipinski definition) is 0. The normalized spacial score (nSPS) is 11.4. The number of nitrogens with zero attached hydrogens (tertiary/aromatic N) is 2. The second-order valence-electron chi connectivity index (χ2n) is 4.78. The van der Waals surface area contributed by atoms with Crippen LogP contribution in [-0.4, -0.2) is 28.6 Å². The van der Waals surface area contributed by atoms with Gasteiger partial charge in [0.2, 0.25) is 0 Å². The summed E-state index contributed by atoms with van der Waals surface area (Å²) in [6.45, 7) is 7.73. The van der Waals surface area contributed by atoms with E-state index in [1.807, 2.05) is 20.8 Å². The third-order valence-electron chi connectivity index (χ3n) is 2.12. The molecule has 5 nitrogen and oxygen atoms in total. The highest BCUT2D eigenvalue weighted by Crippen LogP contribution is 2.18. The lowest BCUT2D eigenvalue weighted by Gasteiger charge is -2.19. The molecule has 0 spiro atoms. The number of aromatic nitrogens is 2. The first-order chi connectivity index (χ1) is 8.24. The number of rotatable bonds is 3. The number of halogens is 1. The molecule has 6 heteroatoms. The lowest BCUT2D eigenvalue weighted by Crippen LogP contribution is -2.20. The van der Waals surface area contributed by atoms with Crippen LogP contribution in [0.2, 0.25) is 5.15 Å². The second kappa shape index (κ2) is 5.63. The zero-order chi connectivity index (χ0) is 13.9. The van der Waals surface area contributed by atoms with E-state index in [0.29, 0.717) is 11.5 Å². The van der Waals surface area contributed by atoms with Crippen molar-refractivity contribution in [1.82, 2.24) is 9.97 Å². The van der Waals surface area contributed by atoms with E-state index in [-0.39, 0.29) is 22.9 Å². The maximum absolute atomic E-state index is 11.5. The number of carbonyl (C=O) groups excluding carboxylic acids is 1. The molecule has 0 atom stereocenters. The Morgan fingerprint density at radius 2 is 1.94 bits per heavy atom. The van der Waals surface area contributed by atoms with Gasteiger partial charge in [-0.05, 0) is 27.7 Å². The predicted molar refractivity (Wildman–Crippen MR) is 67.7 cm³/mol. The Morgan fingerprint density at radius 3 is 2.39 bits per heavy atom. The summed E-state index contributed by atoms with van der Waals surface area (Å²) in [5.41, 5.74) is 0.387. The molecule has 0 aliphatic rings. The summed E-state index contributed by atoms with van der Waals surface area (Å²) in [5, 5.41) is 0.0851. The topological polar surface area (TPSA) is 61.3 Å². The molecule has 0 saturated carbocycles. The van der Waals surface area contributed by atoms with Crippen molar-refractivity contribution in [3.8, 4) is 0 Å². The molecule has 0 aliphatic carbocycles. The molecule has 1 heterocycles. The van der Waals surface area contributed by atoms with Crippen LogP contribution in [0, 0.1) is 6.92 Å². The van der Waals surface area contributed by atoms with Crippen molar-refractivity contribution in [2.45, 2.75) is 39.9 Å². The Bertz CT molecular complexity index is 432. The number of ether oxygens (including phenoxy) is 2. The average molecular weight is 273 g/mol. The number of carbonyl (C=O) groups is 1. The van der Waals surface area contributed by atoms with Crippen molar-refractivity contribution < 1.29 is 14.3 Å². The molecular formula is C12H17ClN2O3. The van der Waals surface area contributed by atoms with Gasteiger partial charge in [0.15, 0.2) is 5.82 Å². The zero-order valence-electron chi connectivity index (χ0n) is 11.2. The first kappa shape index (κ1) is 14.9. The molecule has 0 unspecified atom stereocenters. The van der Waals surface area contributed by atoms with Crippen LogP contribution in [0.4, 0.5) is 0 Å². The maximum Gasteiger partial charge on any atom is 0.342 e. The standard InChI is InChI=1S/C12H17ClN2O3/c1-7-9(11(16)17-5)10(13)15-8(14-7)6-18-12(2,3)4/h6H2,1-5H3. The van der Waals surface area contributed by atoms with Gasteiger partial charge in [-0.25, -0.2) is 14.8 Å². The number of methoxy groups -OCH3 is 1. The van der Waals surface area contributed by atoms with E-state index in [1.54, 1.807) is 6.92 Å². The Labute approximate surface area is 111 Å². The summed E-state index contributed by atoms with van der Waals surface area (Å²) in [5.74, 6) is -0.0964. The summed E-state index contributed by atoms with van der Waals surface area (Å²) in [6, 6.07) is 0. The molecule has 0 aromatic carbocycles. The van der Waals surface area contributed by atoms with Gasteiger partial charge in [0.05, 0.1) is 18.4 Å². The molecule has 1 aromatic rings. The van der Waals surface area contributed by atoms with Crippen LogP contribution in [0.1, 0.15) is 42.6 Å². The van der Waals surface area contributed by atoms with Crippen molar-refractivity contribution in [3.05, 3.63) is 22.2 Å². The van der Waals surface area contributed by atoms with Gasteiger partial charge in [0, 0.05) is 0 Å². The summed E-state index contributed by atoms with van der Waals surface area (Å²) in [4.78, 5) is 19.7. The van der Waals surface area contributed by atoms with Gasteiger partial charge in [-0.2, -0.15) is 0 Å². The fourth-order valence-corrected chi connectivity index (χ4v) is 1.58. The average Bonchev–Trinajstić information content (AvgIpc) is 2.24. The Kier molecular flexibility index (Phi) is 4.65. The molecule has 1 rings (SSSR count).